The SMILES string of the molecule is OCC12CCC(CO)(O1)C1CNCC12. The van der Waals surface area contributed by atoms with Crippen molar-refractivity contribution in [3.8, 4) is 0 Å². The smallest absolute Gasteiger partial charge is 0.0966 e. The second-order valence-electron chi connectivity index (χ2n) is 4.92. The molecule has 3 heterocycles. The molecule has 4 nitrogen and oxygen atoms in total. The first-order chi connectivity index (χ1) is 6.76. The molecule has 3 saturated heterocycles. The van der Waals surface area contributed by atoms with Gasteiger partial charge in [-0.2, -0.15) is 0 Å². The zero-order valence-electron chi connectivity index (χ0n) is 8.20. The molecule has 14 heavy (non-hydrogen) atoms. The van der Waals surface area contributed by atoms with Gasteiger partial charge < -0.3 is 20.3 Å². The first-order valence-electron chi connectivity index (χ1n) is 5.39. The third-order valence-corrected chi connectivity index (χ3v) is 4.48. The second-order valence-corrected chi connectivity index (χ2v) is 4.92. The minimum absolute atomic E-state index is 0.0948. The van der Waals surface area contributed by atoms with Crippen molar-refractivity contribution >= 4 is 0 Å². The number of hydrogen-bond acceptors (Lipinski definition) is 4. The van der Waals surface area contributed by atoms with Crippen molar-refractivity contribution in [3.05, 3.63) is 0 Å². The van der Waals surface area contributed by atoms with E-state index in [2.05, 4.69) is 5.32 Å². The van der Waals surface area contributed by atoms with Gasteiger partial charge in [0, 0.05) is 24.9 Å². The van der Waals surface area contributed by atoms with Gasteiger partial charge in [-0.15, -0.1) is 0 Å². The van der Waals surface area contributed by atoms with Crippen molar-refractivity contribution in [2.45, 2.75) is 24.0 Å². The lowest BCUT2D eigenvalue weighted by atomic mass is 9.68. The molecule has 0 radical (unpaired) electrons. The third-order valence-electron chi connectivity index (χ3n) is 4.48. The lowest BCUT2D eigenvalue weighted by molar-refractivity contribution is -0.108. The van der Waals surface area contributed by atoms with Crippen LogP contribution in [0.4, 0.5) is 0 Å². The Kier molecular flexibility index (Phi) is 1.75. The number of ether oxygens (including phenoxy) is 1. The molecule has 4 heteroatoms. The van der Waals surface area contributed by atoms with Crippen LogP contribution >= 0.6 is 0 Å². The molecule has 0 aliphatic carbocycles. The maximum atomic E-state index is 9.47. The van der Waals surface area contributed by atoms with Gasteiger partial charge in [-0.3, -0.25) is 0 Å². The Balaban J connectivity index is 1.99. The van der Waals surface area contributed by atoms with Crippen LogP contribution in [0.1, 0.15) is 12.8 Å². The maximum absolute atomic E-state index is 9.47. The number of nitrogens with one attached hydrogen (secondary N) is 1. The molecule has 3 rings (SSSR count). The van der Waals surface area contributed by atoms with Crippen molar-refractivity contribution in [1.82, 2.24) is 5.32 Å². The average Bonchev–Trinajstić information content (AvgIpc) is 2.89. The van der Waals surface area contributed by atoms with Gasteiger partial charge in [0.15, 0.2) is 0 Å². The highest BCUT2D eigenvalue weighted by Crippen LogP contribution is 2.58. The zero-order chi connectivity index (χ0) is 9.81. The quantitative estimate of drug-likeness (QED) is 0.540. The van der Waals surface area contributed by atoms with Crippen molar-refractivity contribution < 1.29 is 14.9 Å². The van der Waals surface area contributed by atoms with Gasteiger partial charge in [0.25, 0.3) is 0 Å². The molecule has 0 saturated carbocycles. The molecular weight excluding hydrogens is 182 g/mol. The fourth-order valence-corrected chi connectivity index (χ4v) is 3.69. The van der Waals surface area contributed by atoms with E-state index < -0.39 is 0 Å². The van der Waals surface area contributed by atoms with E-state index in [1.807, 2.05) is 0 Å². The van der Waals surface area contributed by atoms with Gasteiger partial charge in [0.2, 0.25) is 0 Å². The highest BCUT2D eigenvalue weighted by Gasteiger charge is 2.67. The number of fused-ring (bicyclic) bond motifs is 5. The van der Waals surface area contributed by atoms with Crippen LogP contribution in [0.2, 0.25) is 0 Å². The lowest BCUT2D eigenvalue weighted by Gasteiger charge is -2.32. The van der Waals surface area contributed by atoms with Crippen LogP contribution < -0.4 is 5.32 Å². The van der Waals surface area contributed by atoms with E-state index in [1.165, 1.54) is 0 Å². The van der Waals surface area contributed by atoms with Gasteiger partial charge in [-0.1, -0.05) is 0 Å². The van der Waals surface area contributed by atoms with Crippen LogP contribution in [0.3, 0.4) is 0 Å². The Morgan fingerprint density at radius 3 is 2.00 bits per heavy atom. The molecule has 80 valence electrons. The van der Waals surface area contributed by atoms with Crippen LogP contribution in [-0.4, -0.2) is 47.7 Å². The molecule has 4 atom stereocenters. The van der Waals surface area contributed by atoms with Crippen LogP contribution in [0, 0.1) is 11.8 Å². The summed E-state index contributed by atoms with van der Waals surface area (Å²) < 4.78 is 5.97. The molecule has 0 spiro atoms. The van der Waals surface area contributed by atoms with Gasteiger partial charge >= 0.3 is 0 Å². The Hall–Kier alpha value is -0.160. The molecule has 3 aliphatic rings. The third kappa shape index (κ3) is 0.834. The minimum atomic E-state index is -0.350. The highest BCUT2D eigenvalue weighted by molar-refractivity contribution is 5.17. The molecule has 3 N–H and O–H groups in total. The summed E-state index contributed by atoms with van der Waals surface area (Å²) in [5.74, 6) is 0.793. The topological polar surface area (TPSA) is 61.7 Å². The summed E-state index contributed by atoms with van der Waals surface area (Å²) in [6.07, 6.45) is 1.79. The van der Waals surface area contributed by atoms with Gasteiger partial charge in [-0.05, 0) is 12.8 Å². The standard InChI is InChI=1S/C10H17NO3/c12-5-9-1-2-10(6-13,14-9)8-4-11-3-7(8)9/h7-8,11-13H,1-6H2. The predicted molar refractivity (Wildman–Crippen MR) is 49.8 cm³/mol. The molecule has 3 aliphatic heterocycles. The summed E-state index contributed by atoms with van der Waals surface area (Å²) in [6.45, 7) is 2.04. The summed E-state index contributed by atoms with van der Waals surface area (Å²) in [4.78, 5) is 0. The summed E-state index contributed by atoms with van der Waals surface area (Å²) in [7, 11) is 0. The molecule has 0 aromatic heterocycles. The molecule has 0 aromatic rings. The summed E-state index contributed by atoms with van der Waals surface area (Å²) in [5, 5.41) is 22.3. The predicted octanol–water partition coefficient (Wildman–Crippen LogP) is -0.892. The van der Waals surface area contributed by atoms with Crippen molar-refractivity contribution in [2.24, 2.45) is 11.8 Å². The Morgan fingerprint density at radius 1 is 1.07 bits per heavy atom. The molecule has 2 bridgehead atoms. The fraction of sp³-hybridized carbons (Fsp3) is 1.00. The van der Waals surface area contributed by atoms with Crippen LogP contribution in [0.25, 0.3) is 0 Å². The molecule has 0 amide bonds. The Morgan fingerprint density at radius 2 is 1.57 bits per heavy atom. The summed E-state index contributed by atoms with van der Waals surface area (Å²) in [6, 6.07) is 0. The lowest BCUT2D eigenvalue weighted by Crippen LogP contribution is -2.43. The number of hydrogen-bond donors (Lipinski definition) is 3. The molecule has 4 unspecified atom stereocenters. The Labute approximate surface area is 83.3 Å². The van der Waals surface area contributed by atoms with E-state index in [0.717, 1.165) is 25.9 Å². The van der Waals surface area contributed by atoms with Gasteiger partial charge in [0.1, 0.15) is 0 Å². The summed E-state index contributed by atoms with van der Waals surface area (Å²) in [5.41, 5.74) is -0.701. The highest BCUT2D eigenvalue weighted by atomic mass is 16.6. The summed E-state index contributed by atoms with van der Waals surface area (Å²) >= 11 is 0. The van der Waals surface area contributed by atoms with Crippen LogP contribution in [-0.2, 0) is 4.74 Å². The first-order valence-corrected chi connectivity index (χ1v) is 5.39. The van der Waals surface area contributed by atoms with Gasteiger partial charge in [-0.25, -0.2) is 0 Å². The first kappa shape index (κ1) is 9.09. The van der Waals surface area contributed by atoms with Crippen LogP contribution in [0.15, 0.2) is 0 Å². The van der Waals surface area contributed by atoms with Crippen molar-refractivity contribution in [1.29, 1.82) is 0 Å². The van der Waals surface area contributed by atoms with Crippen molar-refractivity contribution in [3.63, 3.8) is 0 Å². The molecule has 3 fully saturated rings. The largest absolute Gasteiger partial charge is 0.393 e. The normalized spacial score (nSPS) is 55.3. The maximum Gasteiger partial charge on any atom is 0.0966 e. The number of rotatable bonds is 2. The van der Waals surface area contributed by atoms with E-state index >= 15 is 0 Å². The fourth-order valence-electron chi connectivity index (χ4n) is 3.69. The average molecular weight is 199 g/mol. The number of aliphatic hydroxyl groups is 2. The number of aliphatic hydroxyl groups excluding tert-OH is 2. The molecule has 0 aromatic carbocycles. The Bertz CT molecular complexity index is 236. The van der Waals surface area contributed by atoms with E-state index in [0.29, 0.717) is 11.8 Å². The molecular formula is C10H17NO3. The van der Waals surface area contributed by atoms with E-state index in [9.17, 15) is 10.2 Å². The van der Waals surface area contributed by atoms with Crippen LogP contribution in [0.5, 0.6) is 0 Å². The van der Waals surface area contributed by atoms with E-state index in [4.69, 9.17) is 4.74 Å². The minimum Gasteiger partial charge on any atom is -0.393 e. The monoisotopic (exact) mass is 199 g/mol. The van der Waals surface area contributed by atoms with Gasteiger partial charge in [0.05, 0.1) is 24.4 Å². The van der Waals surface area contributed by atoms with E-state index in [1.54, 1.807) is 0 Å². The zero-order valence-corrected chi connectivity index (χ0v) is 8.20. The van der Waals surface area contributed by atoms with E-state index in [-0.39, 0.29) is 24.4 Å². The van der Waals surface area contributed by atoms with Crippen molar-refractivity contribution in [2.75, 3.05) is 26.3 Å². The second kappa shape index (κ2) is 2.70.